The molecule has 86 valence electrons. The number of carbonyl (C=O) groups excluding carboxylic acids is 1. The van der Waals surface area contributed by atoms with E-state index in [1.807, 2.05) is 0 Å². The van der Waals surface area contributed by atoms with Crippen molar-refractivity contribution in [3.8, 4) is 0 Å². The van der Waals surface area contributed by atoms with Gasteiger partial charge < -0.3 is 10.6 Å². The van der Waals surface area contributed by atoms with Gasteiger partial charge in [0.25, 0.3) is 0 Å². The van der Waals surface area contributed by atoms with Crippen LogP contribution in [0.2, 0.25) is 0 Å². The SMILES string of the molecule is O=C(CC1CCCC1)N[C@@H]1CCCNC1. The Bertz CT molecular complexity index is 206. The number of rotatable bonds is 3. The van der Waals surface area contributed by atoms with Crippen LogP contribution < -0.4 is 10.6 Å². The minimum atomic E-state index is 0.274. The molecule has 0 radical (unpaired) electrons. The Kier molecular flexibility index (Phi) is 4.01. The number of nitrogens with one attached hydrogen (secondary N) is 2. The smallest absolute Gasteiger partial charge is 0.220 e. The first-order valence-corrected chi connectivity index (χ1v) is 6.34. The zero-order valence-corrected chi connectivity index (χ0v) is 9.43. The molecule has 0 spiro atoms. The van der Waals surface area contributed by atoms with E-state index in [4.69, 9.17) is 0 Å². The number of hydrogen-bond acceptors (Lipinski definition) is 2. The van der Waals surface area contributed by atoms with E-state index in [1.54, 1.807) is 0 Å². The monoisotopic (exact) mass is 210 g/mol. The lowest BCUT2D eigenvalue weighted by atomic mass is 10.0. The summed E-state index contributed by atoms with van der Waals surface area (Å²) in [4.78, 5) is 11.7. The second-order valence-electron chi connectivity index (χ2n) is 4.97. The van der Waals surface area contributed by atoms with Gasteiger partial charge in [0, 0.05) is 19.0 Å². The second kappa shape index (κ2) is 5.50. The Morgan fingerprint density at radius 1 is 1.20 bits per heavy atom. The summed E-state index contributed by atoms with van der Waals surface area (Å²) in [5, 5.41) is 6.46. The summed E-state index contributed by atoms with van der Waals surface area (Å²) < 4.78 is 0. The standard InChI is InChI=1S/C12H22N2O/c15-12(8-10-4-1-2-5-10)14-11-6-3-7-13-9-11/h10-11,13H,1-9H2,(H,14,15)/t11-/m1/s1. The zero-order valence-electron chi connectivity index (χ0n) is 9.43. The van der Waals surface area contributed by atoms with E-state index in [0.717, 1.165) is 25.9 Å². The van der Waals surface area contributed by atoms with Gasteiger partial charge in [0.05, 0.1) is 0 Å². The van der Waals surface area contributed by atoms with Crippen LogP contribution in [-0.2, 0) is 4.79 Å². The summed E-state index contributed by atoms with van der Waals surface area (Å²) in [5.41, 5.74) is 0. The summed E-state index contributed by atoms with van der Waals surface area (Å²) in [5.74, 6) is 0.942. The summed E-state index contributed by atoms with van der Waals surface area (Å²) in [6.07, 6.45) is 8.26. The molecule has 15 heavy (non-hydrogen) atoms. The van der Waals surface area contributed by atoms with Gasteiger partial charge in [-0.15, -0.1) is 0 Å². The van der Waals surface area contributed by atoms with Crippen molar-refractivity contribution in [1.29, 1.82) is 0 Å². The van der Waals surface area contributed by atoms with Crippen LogP contribution in [0.4, 0.5) is 0 Å². The minimum Gasteiger partial charge on any atom is -0.352 e. The molecule has 2 aliphatic rings. The Labute approximate surface area is 92.0 Å². The van der Waals surface area contributed by atoms with Gasteiger partial charge in [-0.3, -0.25) is 4.79 Å². The molecule has 1 atom stereocenters. The molecule has 2 fully saturated rings. The van der Waals surface area contributed by atoms with Crippen molar-refractivity contribution >= 4 is 5.91 Å². The molecule has 1 saturated heterocycles. The molecule has 0 unspecified atom stereocenters. The highest BCUT2D eigenvalue weighted by atomic mass is 16.1. The lowest BCUT2D eigenvalue weighted by Gasteiger charge is -2.24. The van der Waals surface area contributed by atoms with Crippen molar-refractivity contribution in [3.63, 3.8) is 0 Å². The largest absolute Gasteiger partial charge is 0.352 e. The fourth-order valence-electron chi connectivity index (χ4n) is 2.74. The predicted octanol–water partition coefficient (Wildman–Crippen LogP) is 1.43. The van der Waals surface area contributed by atoms with Gasteiger partial charge in [-0.25, -0.2) is 0 Å². The fraction of sp³-hybridized carbons (Fsp3) is 0.917. The van der Waals surface area contributed by atoms with Gasteiger partial charge in [0.2, 0.25) is 5.91 Å². The Hall–Kier alpha value is -0.570. The summed E-state index contributed by atoms with van der Waals surface area (Å²) in [7, 11) is 0. The second-order valence-corrected chi connectivity index (χ2v) is 4.97. The van der Waals surface area contributed by atoms with E-state index in [2.05, 4.69) is 10.6 Å². The summed E-state index contributed by atoms with van der Waals surface area (Å²) in [6, 6.07) is 0.382. The van der Waals surface area contributed by atoms with E-state index < -0.39 is 0 Å². The molecular weight excluding hydrogens is 188 g/mol. The Balaban J connectivity index is 1.66. The number of hydrogen-bond donors (Lipinski definition) is 2. The molecule has 1 saturated carbocycles. The molecule has 1 aliphatic carbocycles. The van der Waals surface area contributed by atoms with Crippen LogP contribution in [-0.4, -0.2) is 25.0 Å². The average Bonchev–Trinajstić information content (AvgIpc) is 2.71. The van der Waals surface area contributed by atoms with Crippen LogP contribution in [0.15, 0.2) is 0 Å². The van der Waals surface area contributed by atoms with Gasteiger partial charge in [0.15, 0.2) is 0 Å². The van der Waals surface area contributed by atoms with Gasteiger partial charge in [-0.05, 0) is 38.1 Å². The zero-order chi connectivity index (χ0) is 10.5. The molecular formula is C12H22N2O. The third-order valence-corrected chi connectivity index (χ3v) is 3.61. The Morgan fingerprint density at radius 2 is 2.00 bits per heavy atom. The minimum absolute atomic E-state index is 0.274. The molecule has 1 aliphatic heterocycles. The van der Waals surface area contributed by atoms with Crippen molar-refractivity contribution in [2.45, 2.75) is 51.0 Å². The quantitative estimate of drug-likeness (QED) is 0.740. The summed E-state index contributed by atoms with van der Waals surface area (Å²) in [6.45, 7) is 2.06. The van der Waals surface area contributed by atoms with Gasteiger partial charge in [-0.2, -0.15) is 0 Å². The van der Waals surface area contributed by atoms with Crippen LogP contribution in [0.25, 0.3) is 0 Å². The number of carbonyl (C=O) groups is 1. The maximum absolute atomic E-state index is 11.7. The van der Waals surface area contributed by atoms with Crippen molar-refractivity contribution in [3.05, 3.63) is 0 Å². The van der Waals surface area contributed by atoms with Crippen LogP contribution in [0, 0.1) is 5.92 Å². The predicted molar refractivity (Wildman–Crippen MR) is 60.6 cm³/mol. The van der Waals surface area contributed by atoms with E-state index in [0.29, 0.717) is 12.0 Å². The highest BCUT2D eigenvalue weighted by molar-refractivity contribution is 5.76. The van der Waals surface area contributed by atoms with Crippen molar-refractivity contribution in [2.24, 2.45) is 5.92 Å². The molecule has 2 N–H and O–H groups in total. The van der Waals surface area contributed by atoms with Crippen LogP contribution >= 0.6 is 0 Å². The number of amides is 1. The molecule has 1 heterocycles. The molecule has 2 rings (SSSR count). The first-order chi connectivity index (χ1) is 7.34. The van der Waals surface area contributed by atoms with Crippen molar-refractivity contribution in [2.75, 3.05) is 13.1 Å². The number of piperidine rings is 1. The lowest BCUT2D eigenvalue weighted by Crippen LogP contribution is -2.45. The van der Waals surface area contributed by atoms with E-state index in [1.165, 1.54) is 32.1 Å². The van der Waals surface area contributed by atoms with Crippen molar-refractivity contribution < 1.29 is 4.79 Å². The van der Waals surface area contributed by atoms with Crippen LogP contribution in [0.3, 0.4) is 0 Å². The lowest BCUT2D eigenvalue weighted by molar-refractivity contribution is -0.122. The molecule has 3 nitrogen and oxygen atoms in total. The highest BCUT2D eigenvalue weighted by Gasteiger charge is 2.20. The van der Waals surface area contributed by atoms with Gasteiger partial charge in [0.1, 0.15) is 0 Å². The average molecular weight is 210 g/mol. The fourth-order valence-corrected chi connectivity index (χ4v) is 2.74. The maximum Gasteiger partial charge on any atom is 0.220 e. The van der Waals surface area contributed by atoms with E-state index in [9.17, 15) is 4.79 Å². The van der Waals surface area contributed by atoms with E-state index in [-0.39, 0.29) is 5.91 Å². The third kappa shape index (κ3) is 3.49. The molecule has 0 aromatic rings. The van der Waals surface area contributed by atoms with Gasteiger partial charge >= 0.3 is 0 Å². The van der Waals surface area contributed by atoms with Crippen molar-refractivity contribution in [1.82, 2.24) is 10.6 Å². The normalized spacial score (nSPS) is 27.9. The highest BCUT2D eigenvalue weighted by Crippen LogP contribution is 2.27. The molecule has 3 heteroatoms. The van der Waals surface area contributed by atoms with Gasteiger partial charge in [-0.1, -0.05) is 12.8 Å². The molecule has 0 bridgehead atoms. The third-order valence-electron chi connectivity index (χ3n) is 3.61. The first kappa shape index (κ1) is 10.9. The Morgan fingerprint density at radius 3 is 2.67 bits per heavy atom. The van der Waals surface area contributed by atoms with Crippen LogP contribution in [0.1, 0.15) is 44.9 Å². The molecule has 0 aromatic carbocycles. The topological polar surface area (TPSA) is 41.1 Å². The first-order valence-electron chi connectivity index (χ1n) is 6.34. The van der Waals surface area contributed by atoms with Crippen LogP contribution in [0.5, 0.6) is 0 Å². The molecule has 0 aromatic heterocycles. The maximum atomic E-state index is 11.7. The summed E-state index contributed by atoms with van der Waals surface area (Å²) >= 11 is 0. The molecule has 1 amide bonds. The van der Waals surface area contributed by atoms with E-state index >= 15 is 0 Å².